The highest BCUT2D eigenvalue weighted by Gasteiger charge is 2.25. The maximum absolute atomic E-state index is 6.46. The smallest absolute Gasteiger partial charge is 0.119 e. The van der Waals surface area contributed by atoms with Gasteiger partial charge in [-0.1, -0.05) is 41.9 Å². The van der Waals surface area contributed by atoms with E-state index in [0.717, 1.165) is 16.9 Å². The zero-order chi connectivity index (χ0) is 13.9. The Balaban J connectivity index is 2.36. The fourth-order valence-corrected chi connectivity index (χ4v) is 2.43. The zero-order valence-electron chi connectivity index (χ0n) is 11.2. The molecule has 0 fully saturated rings. The molecule has 0 radical (unpaired) electrons. The first-order chi connectivity index (χ1) is 9.05. The molecule has 3 heteroatoms. The molecule has 1 atom stereocenters. The number of benzene rings is 2. The molecular formula is C16H18ClNO. The fraction of sp³-hybridized carbons (Fsp3) is 0.250. The Morgan fingerprint density at radius 2 is 1.74 bits per heavy atom. The number of rotatable bonds is 4. The monoisotopic (exact) mass is 275 g/mol. The van der Waals surface area contributed by atoms with Gasteiger partial charge in [-0.2, -0.15) is 0 Å². The second-order valence-electron chi connectivity index (χ2n) is 4.64. The van der Waals surface area contributed by atoms with Gasteiger partial charge in [0.15, 0.2) is 0 Å². The first-order valence-corrected chi connectivity index (χ1v) is 6.70. The van der Waals surface area contributed by atoms with Gasteiger partial charge in [0.05, 0.1) is 12.1 Å². The molecule has 0 saturated heterocycles. The van der Waals surface area contributed by atoms with Gasteiger partial charge in [-0.05, 0) is 43.2 Å². The molecule has 0 spiro atoms. The van der Waals surface area contributed by atoms with Crippen molar-refractivity contribution < 1.29 is 4.74 Å². The lowest BCUT2D eigenvalue weighted by molar-refractivity contribution is 0.340. The molecule has 2 rings (SSSR count). The third-order valence-corrected chi connectivity index (χ3v) is 3.53. The predicted octanol–water partition coefficient (Wildman–Crippen LogP) is 3.96. The van der Waals surface area contributed by atoms with E-state index < -0.39 is 5.54 Å². The van der Waals surface area contributed by atoms with Crippen LogP contribution in [0.2, 0.25) is 5.02 Å². The van der Waals surface area contributed by atoms with Crippen LogP contribution < -0.4 is 10.5 Å². The molecule has 0 amide bonds. The first kappa shape index (κ1) is 13.9. The van der Waals surface area contributed by atoms with E-state index in [1.807, 2.05) is 62.4 Å². The van der Waals surface area contributed by atoms with Gasteiger partial charge in [-0.15, -0.1) is 0 Å². The molecule has 2 aromatic rings. The van der Waals surface area contributed by atoms with Crippen molar-refractivity contribution in [3.05, 3.63) is 64.7 Å². The third-order valence-electron chi connectivity index (χ3n) is 3.20. The van der Waals surface area contributed by atoms with Crippen molar-refractivity contribution in [3.8, 4) is 5.75 Å². The van der Waals surface area contributed by atoms with Gasteiger partial charge in [0.2, 0.25) is 0 Å². The lowest BCUT2D eigenvalue weighted by Gasteiger charge is -2.27. The van der Waals surface area contributed by atoms with E-state index in [0.29, 0.717) is 11.6 Å². The van der Waals surface area contributed by atoms with E-state index in [-0.39, 0.29) is 0 Å². The summed E-state index contributed by atoms with van der Waals surface area (Å²) in [4.78, 5) is 0. The quantitative estimate of drug-likeness (QED) is 0.917. The summed E-state index contributed by atoms with van der Waals surface area (Å²) >= 11 is 6.23. The summed E-state index contributed by atoms with van der Waals surface area (Å²) in [5.41, 5.74) is 7.76. The average Bonchev–Trinajstić information content (AvgIpc) is 2.40. The molecule has 0 aliphatic rings. The van der Waals surface area contributed by atoms with Crippen LogP contribution in [0.15, 0.2) is 48.5 Å². The van der Waals surface area contributed by atoms with Gasteiger partial charge in [0.1, 0.15) is 5.75 Å². The molecule has 0 aliphatic carbocycles. The summed E-state index contributed by atoms with van der Waals surface area (Å²) in [6.07, 6.45) is 0. The Labute approximate surface area is 119 Å². The molecule has 1 unspecified atom stereocenters. The Bertz CT molecular complexity index is 549. The summed E-state index contributed by atoms with van der Waals surface area (Å²) < 4.78 is 5.44. The molecule has 0 heterocycles. The molecule has 0 aromatic heterocycles. The van der Waals surface area contributed by atoms with Crippen LogP contribution in [0.25, 0.3) is 0 Å². The molecule has 2 aromatic carbocycles. The van der Waals surface area contributed by atoms with Crippen molar-refractivity contribution >= 4 is 11.6 Å². The molecule has 0 saturated carbocycles. The van der Waals surface area contributed by atoms with Crippen molar-refractivity contribution in [2.24, 2.45) is 5.73 Å². The van der Waals surface area contributed by atoms with Crippen LogP contribution in [0, 0.1) is 0 Å². The van der Waals surface area contributed by atoms with E-state index in [1.165, 1.54) is 0 Å². The Morgan fingerprint density at radius 1 is 1.11 bits per heavy atom. The summed E-state index contributed by atoms with van der Waals surface area (Å²) in [7, 11) is 0. The van der Waals surface area contributed by atoms with Gasteiger partial charge in [-0.3, -0.25) is 0 Å². The molecule has 2 nitrogen and oxygen atoms in total. The lowest BCUT2D eigenvalue weighted by atomic mass is 9.85. The van der Waals surface area contributed by atoms with E-state index in [1.54, 1.807) is 0 Å². The highest BCUT2D eigenvalue weighted by atomic mass is 35.5. The Kier molecular flexibility index (Phi) is 4.13. The van der Waals surface area contributed by atoms with Crippen molar-refractivity contribution in [1.29, 1.82) is 0 Å². The van der Waals surface area contributed by atoms with Crippen LogP contribution in [-0.2, 0) is 5.54 Å². The molecule has 0 bridgehead atoms. The van der Waals surface area contributed by atoms with Gasteiger partial charge in [0, 0.05) is 5.02 Å². The number of ether oxygens (including phenoxy) is 1. The minimum absolute atomic E-state index is 0.622. The summed E-state index contributed by atoms with van der Waals surface area (Å²) in [6, 6.07) is 15.5. The molecule has 0 aliphatic heterocycles. The molecule has 19 heavy (non-hydrogen) atoms. The van der Waals surface area contributed by atoms with Crippen LogP contribution in [0.1, 0.15) is 25.0 Å². The fourth-order valence-electron chi connectivity index (χ4n) is 2.10. The van der Waals surface area contributed by atoms with Crippen molar-refractivity contribution in [1.82, 2.24) is 0 Å². The first-order valence-electron chi connectivity index (χ1n) is 6.33. The average molecular weight is 276 g/mol. The minimum Gasteiger partial charge on any atom is -0.494 e. The molecule has 100 valence electrons. The van der Waals surface area contributed by atoms with E-state index in [2.05, 4.69) is 0 Å². The van der Waals surface area contributed by atoms with E-state index >= 15 is 0 Å². The van der Waals surface area contributed by atoms with Crippen LogP contribution >= 0.6 is 11.6 Å². The second-order valence-corrected chi connectivity index (χ2v) is 5.05. The minimum atomic E-state index is -0.622. The largest absolute Gasteiger partial charge is 0.494 e. The van der Waals surface area contributed by atoms with Crippen molar-refractivity contribution in [2.75, 3.05) is 6.61 Å². The molecular weight excluding hydrogens is 258 g/mol. The summed E-state index contributed by atoms with van der Waals surface area (Å²) in [5.74, 6) is 0.848. The number of hydrogen-bond donors (Lipinski definition) is 1. The molecule has 2 N–H and O–H groups in total. The summed E-state index contributed by atoms with van der Waals surface area (Å²) in [5, 5.41) is 0.682. The zero-order valence-corrected chi connectivity index (χ0v) is 11.9. The van der Waals surface area contributed by atoms with Crippen LogP contribution in [0.3, 0.4) is 0 Å². The maximum atomic E-state index is 6.46. The van der Waals surface area contributed by atoms with Gasteiger partial charge >= 0.3 is 0 Å². The standard InChI is InChI=1S/C16H18ClNO/c1-3-19-13-10-8-12(9-11-13)16(2,18)14-6-4-5-7-15(14)17/h4-11H,3,18H2,1-2H3. The van der Waals surface area contributed by atoms with E-state index in [4.69, 9.17) is 22.1 Å². The van der Waals surface area contributed by atoms with Crippen LogP contribution in [0.5, 0.6) is 5.75 Å². The van der Waals surface area contributed by atoms with Gasteiger partial charge in [-0.25, -0.2) is 0 Å². The van der Waals surface area contributed by atoms with Gasteiger partial charge in [0.25, 0.3) is 0 Å². The summed E-state index contributed by atoms with van der Waals surface area (Å²) in [6.45, 7) is 4.58. The normalized spacial score (nSPS) is 13.9. The van der Waals surface area contributed by atoms with Crippen molar-refractivity contribution in [2.45, 2.75) is 19.4 Å². The van der Waals surface area contributed by atoms with Crippen LogP contribution in [-0.4, -0.2) is 6.61 Å². The van der Waals surface area contributed by atoms with E-state index in [9.17, 15) is 0 Å². The Hall–Kier alpha value is -1.51. The van der Waals surface area contributed by atoms with Crippen molar-refractivity contribution in [3.63, 3.8) is 0 Å². The van der Waals surface area contributed by atoms with Crippen LogP contribution in [0.4, 0.5) is 0 Å². The highest BCUT2D eigenvalue weighted by molar-refractivity contribution is 6.31. The predicted molar refractivity (Wildman–Crippen MR) is 79.7 cm³/mol. The maximum Gasteiger partial charge on any atom is 0.119 e. The second kappa shape index (κ2) is 5.64. The number of halogens is 1. The van der Waals surface area contributed by atoms with Gasteiger partial charge < -0.3 is 10.5 Å². The SMILES string of the molecule is CCOc1ccc(C(C)(N)c2ccccc2Cl)cc1. The number of hydrogen-bond acceptors (Lipinski definition) is 2. The Morgan fingerprint density at radius 3 is 2.32 bits per heavy atom. The highest BCUT2D eigenvalue weighted by Crippen LogP contribution is 2.32. The third kappa shape index (κ3) is 2.91. The lowest BCUT2D eigenvalue weighted by Crippen LogP contribution is -2.34. The topological polar surface area (TPSA) is 35.2 Å². The number of nitrogens with two attached hydrogens (primary N) is 1.